The van der Waals surface area contributed by atoms with Crippen molar-refractivity contribution in [3.05, 3.63) is 53.6 Å². The summed E-state index contributed by atoms with van der Waals surface area (Å²) in [6, 6.07) is 6.09. The van der Waals surface area contributed by atoms with Gasteiger partial charge in [-0.15, -0.1) is 0 Å². The van der Waals surface area contributed by atoms with Crippen molar-refractivity contribution in [2.75, 3.05) is 0 Å². The minimum Gasteiger partial charge on any atom is -0.293 e. The summed E-state index contributed by atoms with van der Waals surface area (Å²) in [5.41, 5.74) is 3.66. The summed E-state index contributed by atoms with van der Waals surface area (Å²) in [4.78, 5) is 17.1. The molecule has 0 saturated carbocycles. The molecule has 3 rings (SSSR count). The van der Waals surface area contributed by atoms with Crippen molar-refractivity contribution >= 4 is 17.2 Å². The second kappa shape index (κ2) is 4.61. The lowest BCUT2D eigenvalue weighted by atomic mass is 9.85. The maximum Gasteiger partial charge on any atom is 0.177 e. The van der Waals surface area contributed by atoms with Gasteiger partial charge in [-0.1, -0.05) is 38.1 Å². The van der Waals surface area contributed by atoms with Gasteiger partial charge in [-0.05, 0) is 36.1 Å². The van der Waals surface area contributed by atoms with Crippen LogP contribution in [0.25, 0.3) is 0 Å². The van der Waals surface area contributed by atoms with Gasteiger partial charge in [0.05, 0.1) is 17.3 Å². The fourth-order valence-corrected chi connectivity index (χ4v) is 2.56. The molecule has 0 bridgehead atoms. The molecular formula is C17H17NO. The number of nitrogens with zero attached hydrogens (tertiary/aromatic N) is 1. The van der Waals surface area contributed by atoms with Crippen LogP contribution in [-0.2, 0) is 0 Å². The number of aliphatic imine (C=N–C) groups is 1. The lowest BCUT2D eigenvalue weighted by Gasteiger charge is -2.22. The highest BCUT2D eigenvalue weighted by Crippen LogP contribution is 2.33. The number of benzene rings is 1. The van der Waals surface area contributed by atoms with Crippen molar-refractivity contribution in [1.29, 1.82) is 0 Å². The number of allylic oxidation sites excluding steroid dienone is 4. The highest BCUT2D eigenvalue weighted by Gasteiger charge is 2.29. The molecular weight excluding hydrogens is 234 g/mol. The van der Waals surface area contributed by atoms with Gasteiger partial charge in [0.1, 0.15) is 0 Å². The lowest BCUT2D eigenvalue weighted by Crippen LogP contribution is -2.25. The van der Waals surface area contributed by atoms with Crippen LogP contribution in [0.3, 0.4) is 0 Å². The molecule has 2 nitrogen and oxygen atoms in total. The van der Waals surface area contributed by atoms with E-state index in [1.807, 2.05) is 36.4 Å². The molecule has 0 fully saturated rings. The zero-order valence-corrected chi connectivity index (χ0v) is 11.3. The fraction of sp³-hybridized carbons (Fsp3) is 0.294. The van der Waals surface area contributed by atoms with Crippen LogP contribution < -0.4 is 0 Å². The largest absolute Gasteiger partial charge is 0.293 e. The number of Topliss-reactive ketones (excluding diaryl/α,β-unsaturated/α-hetero) is 1. The number of carbonyl (C=O) groups excluding carboxylic acids is 1. The average molecular weight is 251 g/mol. The summed E-state index contributed by atoms with van der Waals surface area (Å²) in [7, 11) is 0. The van der Waals surface area contributed by atoms with E-state index in [4.69, 9.17) is 0 Å². The van der Waals surface area contributed by atoms with E-state index in [-0.39, 0.29) is 11.7 Å². The first-order valence-corrected chi connectivity index (χ1v) is 6.82. The van der Waals surface area contributed by atoms with Gasteiger partial charge in [0, 0.05) is 5.56 Å². The standard InChI is InChI=1S/C17H17NO/c1-3-11(2)12-8-9-16-14(10-12)17(19)13-6-4-5-7-15(13)18-16/h4-11,13H,3H2,1-2H3. The first-order chi connectivity index (χ1) is 9.20. The van der Waals surface area contributed by atoms with Crippen LogP contribution in [0.15, 0.2) is 47.5 Å². The summed E-state index contributed by atoms with van der Waals surface area (Å²) >= 11 is 0. The van der Waals surface area contributed by atoms with Crippen molar-refractivity contribution in [2.24, 2.45) is 10.9 Å². The number of hydrogen-bond donors (Lipinski definition) is 0. The Labute approximate surface area is 113 Å². The maximum atomic E-state index is 12.5. The summed E-state index contributed by atoms with van der Waals surface area (Å²) in [5.74, 6) is 0.459. The number of hydrogen-bond acceptors (Lipinski definition) is 2. The van der Waals surface area contributed by atoms with Crippen molar-refractivity contribution < 1.29 is 4.79 Å². The third kappa shape index (κ3) is 1.97. The van der Waals surface area contributed by atoms with Gasteiger partial charge in [0.25, 0.3) is 0 Å². The topological polar surface area (TPSA) is 29.4 Å². The van der Waals surface area contributed by atoms with Crippen molar-refractivity contribution in [2.45, 2.75) is 26.2 Å². The Hall–Kier alpha value is -1.96. The fourth-order valence-electron chi connectivity index (χ4n) is 2.56. The Morgan fingerprint density at radius 1 is 1.32 bits per heavy atom. The van der Waals surface area contributed by atoms with E-state index in [1.54, 1.807) is 0 Å². The molecule has 1 aromatic carbocycles. The van der Waals surface area contributed by atoms with E-state index in [2.05, 4.69) is 24.9 Å². The molecule has 1 heterocycles. The van der Waals surface area contributed by atoms with Gasteiger partial charge in [-0.3, -0.25) is 9.79 Å². The molecule has 2 aliphatic rings. The number of rotatable bonds is 2. The summed E-state index contributed by atoms with van der Waals surface area (Å²) in [6.07, 6.45) is 8.79. The molecule has 2 atom stereocenters. The molecule has 96 valence electrons. The molecule has 1 aromatic rings. The van der Waals surface area contributed by atoms with Gasteiger partial charge in [-0.25, -0.2) is 0 Å². The molecule has 0 N–H and O–H groups in total. The van der Waals surface area contributed by atoms with Crippen molar-refractivity contribution in [3.8, 4) is 0 Å². The molecule has 2 unspecified atom stereocenters. The Morgan fingerprint density at radius 2 is 2.16 bits per heavy atom. The van der Waals surface area contributed by atoms with Crippen LogP contribution in [-0.4, -0.2) is 11.5 Å². The quantitative estimate of drug-likeness (QED) is 0.774. The van der Waals surface area contributed by atoms with E-state index in [9.17, 15) is 4.79 Å². The van der Waals surface area contributed by atoms with Crippen LogP contribution in [0.5, 0.6) is 0 Å². The Kier molecular flexibility index (Phi) is 2.94. The zero-order valence-electron chi connectivity index (χ0n) is 11.3. The SMILES string of the molecule is CCC(C)c1ccc2c(c1)C(=O)C1C=CC=CC1=N2. The second-order valence-electron chi connectivity index (χ2n) is 5.21. The normalized spacial score (nSPS) is 21.7. The number of fused-ring (bicyclic) bond motifs is 2. The minimum atomic E-state index is -0.190. The number of ketones is 1. The maximum absolute atomic E-state index is 12.5. The average Bonchev–Trinajstić information content (AvgIpc) is 2.46. The van der Waals surface area contributed by atoms with Crippen LogP contribution in [0.2, 0.25) is 0 Å². The monoisotopic (exact) mass is 251 g/mol. The second-order valence-corrected chi connectivity index (χ2v) is 5.21. The highest BCUT2D eigenvalue weighted by atomic mass is 16.1. The molecule has 2 heteroatoms. The predicted molar refractivity (Wildman–Crippen MR) is 78.3 cm³/mol. The van der Waals surface area contributed by atoms with E-state index < -0.39 is 0 Å². The lowest BCUT2D eigenvalue weighted by molar-refractivity contribution is 0.0971. The highest BCUT2D eigenvalue weighted by molar-refractivity contribution is 6.23. The first kappa shape index (κ1) is 12.1. The van der Waals surface area contributed by atoms with Crippen LogP contribution in [0, 0.1) is 5.92 Å². The first-order valence-electron chi connectivity index (χ1n) is 6.82. The summed E-state index contributed by atoms with van der Waals surface area (Å²) in [6.45, 7) is 4.35. The van der Waals surface area contributed by atoms with Crippen LogP contribution in [0.1, 0.15) is 42.1 Å². The molecule has 0 aromatic heterocycles. The number of carbonyl (C=O) groups is 1. The Morgan fingerprint density at radius 3 is 2.95 bits per heavy atom. The zero-order chi connectivity index (χ0) is 13.4. The third-order valence-electron chi connectivity index (χ3n) is 4.00. The molecule has 0 spiro atoms. The molecule has 0 radical (unpaired) electrons. The van der Waals surface area contributed by atoms with E-state index in [0.717, 1.165) is 23.4 Å². The minimum absolute atomic E-state index is 0.172. The third-order valence-corrected chi connectivity index (χ3v) is 4.00. The van der Waals surface area contributed by atoms with Gasteiger partial charge >= 0.3 is 0 Å². The van der Waals surface area contributed by atoms with E-state index >= 15 is 0 Å². The van der Waals surface area contributed by atoms with Crippen molar-refractivity contribution in [1.82, 2.24) is 0 Å². The molecule has 0 saturated heterocycles. The van der Waals surface area contributed by atoms with Crippen molar-refractivity contribution in [3.63, 3.8) is 0 Å². The molecule has 1 aliphatic heterocycles. The Bertz CT molecular complexity index is 622. The smallest absolute Gasteiger partial charge is 0.177 e. The van der Waals surface area contributed by atoms with Gasteiger partial charge in [0.2, 0.25) is 0 Å². The van der Waals surface area contributed by atoms with Gasteiger partial charge < -0.3 is 0 Å². The summed E-state index contributed by atoms with van der Waals surface area (Å²) < 4.78 is 0. The molecule has 0 amide bonds. The molecule has 1 aliphatic carbocycles. The molecule has 19 heavy (non-hydrogen) atoms. The van der Waals surface area contributed by atoms with Crippen LogP contribution >= 0.6 is 0 Å². The van der Waals surface area contributed by atoms with E-state index in [1.165, 1.54) is 5.56 Å². The predicted octanol–water partition coefficient (Wildman–Crippen LogP) is 4.21. The van der Waals surface area contributed by atoms with Gasteiger partial charge in [-0.2, -0.15) is 0 Å². The van der Waals surface area contributed by atoms with Crippen LogP contribution in [0.4, 0.5) is 5.69 Å². The summed E-state index contributed by atoms with van der Waals surface area (Å²) in [5, 5.41) is 0. The Balaban J connectivity index is 2.09. The van der Waals surface area contributed by atoms with Gasteiger partial charge in [0.15, 0.2) is 5.78 Å². The van der Waals surface area contributed by atoms with E-state index in [0.29, 0.717) is 5.92 Å².